The fourth-order valence-corrected chi connectivity index (χ4v) is 3.00. The SMILES string of the molecule is CC(C)c1nc(-c2nccn2-c2ccc(N3CCOCC3)cc2)co1. The highest BCUT2D eigenvalue weighted by Crippen LogP contribution is 2.25. The first-order valence-corrected chi connectivity index (χ1v) is 8.64. The van der Waals surface area contributed by atoms with E-state index in [9.17, 15) is 0 Å². The van der Waals surface area contributed by atoms with Crippen LogP contribution in [0.25, 0.3) is 17.2 Å². The van der Waals surface area contributed by atoms with Crippen LogP contribution in [-0.4, -0.2) is 40.8 Å². The second-order valence-corrected chi connectivity index (χ2v) is 6.46. The summed E-state index contributed by atoms with van der Waals surface area (Å²) in [5.41, 5.74) is 3.03. The van der Waals surface area contributed by atoms with E-state index in [-0.39, 0.29) is 5.92 Å². The molecular formula is C19H22N4O2. The second kappa shape index (κ2) is 6.72. The monoisotopic (exact) mass is 338 g/mol. The van der Waals surface area contributed by atoms with E-state index in [0.29, 0.717) is 0 Å². The van der Waals surface area contributed by atoms with E-state index >= 15 is 0 Å². The van der Waals surface area contributed by atoms with E-state index in [0.717, 1.165) is 49.4 Å². The Balaban J connectivity index is 1.61. The fourth-order valence-electron chi connectivity index (χ4n) is 3.00. The molecule has 130 valence electrons. The molecule has 0 amide bonds. The molecule has 0 unspecified atom stereocenters. The zero-order valence-corrected chi connectivity index (χ0v) is 14.6. The van der Waals surface area contributed by atoms with Gasteiger partial charge in [0.1, 0.15) is 12.0 Å². The Morgan fingerprint density at radius 1 is 1.04 bits per heavy atom. The van der Waals surface area contributed by atoms with Crippen molar-refractivity contribution in [3.8, 4) is 17.2 Å². The molecule has 25 heavy (non-hydrogen) atoms. The number of morpholine rings is 1. The van der Waals surface area contributed by atoms with Gasteiger partial charge in [0.25, 0.3) is 0 Å². The van der Waals surface area contributed by atoms with Crippen LogP contribution in [0, 0.1) is 0 Å². The van der Waals surface area contributed by atoms with Crippen LogP contribution in [0.1, 0.15) is 25.7 Å². The normalized spacial score (nSPS) is 15.1. The molecule has 0 radical (unpaired) electrons. The van der Waals surface area contributed by atoms with E-state index in [1.54, 1.807) is 12.5 Å². The van der Waals surface area contributed by atoms with Gasteiger partial charge in [-0.2, -0.15) is 0 Å². The molecule has 3 aromatic rings. The molecule has 1 saturated heterocycles. The van der Waals surface area contributed by atoms with Crippen LogP contribution in [0.2, 0.25) is 0 Å². The van der Waals surface area contributed by atoms with Crippen molar-refractivity contribution >= 4 is 5.69 Å². The molecule has 0 N–H and O–H groups in total. The standard InChI is InChI=1S/C19H22N4O2/c1-14(2)19-21-17(13-25-19)18-20-7-8-23(18)16-5-3-15(4-6-16)22-9-11-24-12-10-22/h3-8,13-14H,9-12H2,1-2H3. The summed E-state index contributed by atoms with van der Waals surface area (Å²) in [4.78, 5) is 11.4. The number of aromatic nitrogens is 3. The Labute approximate surface area is 147 Å². The third kappa shape index (κ3) is 3.17. The minimum atomic E-state index is 0.255. The molecule has 1 fully saturated rings. The highest BCUT2D eigenvalue weighted by Gasteiger charge is 2.15. The molecule has 4 rings (SSSR count). The van der Waals surface area contributed by atoms with Gasteiger partial charge in [-0.05, 0) is 24.3 Å². The first-order valence-electron chi connectivity index (χ1n) is 8.64. The number of ether oxygens (including phenoxy) is 1. The lowest BCUT2D eigenvalue weighted by Gasteiger charge is -2.29. The van der Waals surface area contributed by atoms with E-state index in [1.165, 1.54) is 5.69 Å². The van der Waals surface area contributed by atoms with Crippen LogP contribution in [0.5, 0.6) is 0 Å². The average molecular weight is 338 g/mol. The van der Waals surface area contributed by atoms with Crippen LogP contribution in [0.3, 0.4) is 0 Å². The third-order valence-electron chi connectivity index (χ3n) is 4.39. The Morgan fingerprint density at radius 2 is 1.76 bits per heavy atom. The van der Waals surface area contributed by atoms with Crippen molar-refractivity contribution in [1.29, 1.82) is 0 Å². The number of nitrogens with zero attached hydrogens (tertiary/aromatic N) is 4. The number of anilines is 1. The minimum Gasteiger partial charge on any atom is -0.448 e. The van der Waals surface area contributed by atoms with Gasteiger partial charge >= 0.3 is 0 Å². The largest absolute Gasteiger partial charge is 0.448 e. The molecule has 0 bridgehead atoms. The van der Waals surface area contributed by atoms with Crippen molar-refractivity contribution in [2.75, 3.05) is 31.2 Å². The van der Waals surface area contributed by atoms with Crippen molar-refractivity contribution in [2.45, 2.75) is 19.8 Å². The average Bonchev–Trinajstić information content (AvgIpc) is 3.32. The Kier molecular flexibility index (Phi) is 4.28. The zero-order chi connectivity index (χ0) is 17.2. The lowest BCUT2D eigenvalue weighted by molar-refractivity contribution is 0.122. The number of hydrogen-bond donors (Lipinski definition) is 0. The highest BCUT2D eigenvalue weighted by molar-refractivity contribution is 5.56. The van der Waals surface area contributed by atoms with Gasteiger partial charge in [-0.15, -0.1) is 0 Å². The number of rotatable bonds is 4. The van der Waals surface area contributed by atoms with Crippen LogP contribution >= 0.6 is 0 Å². The van der Waals surface area contributed by atoms with Crippen molar-refractivity contribution < 1.29 is 9.15 Å². The van der Waals surface area contributed by atoms with Crippen molar-refractivity contribution in [3.63, 3.8) is 0 Å². The summed E-state index contributed by atoms with van der Waals surface area (Å²) in [5.74, 6) is 1.77. The van der Waals surface area contributed by atoms with Gasteiger partial charge in [0.05, 0.1) is 13.2 Å². The Bertz CT molecular complexity index is 829. The van der Waals surface area contributed by atoms with Crippen molar-refractivity contribution in [3.05, 3.63) is 48.8 Å². The molecule has 3 heterocycles. The van der Waals surface area contributed by atoms with Crippen LogP contribution < -0.4 is 4.90 Å². The zero-order valence-electron chi connectivity index (χ0n) is 14.6. The summed E-state index contributed by atoms with van der Waals surface area (Å²) in [7, 11) is 0. The van der Waals surface area contributed by atoms with E-state index < -0.39 is 0 Å². The van der Waals surface area contributed by atoms with Gasteiger partial charge in [-0.25, -0.2) is 9.97 Å². The van der Waals surface area contributed by atoms with Gasteiger partial charge in [-0.1, -0.05) is 13.8 Å². The molecule has 0 spiro atoms. The maximum absolute atomic E-state index is 5.56. The lowest BCUT2D eigenvalue weighted by atomic mass is 10.2. The molecule has 2 aromatic heterocycles. The van der Waals surface area contributed by atoms with Gasteiger partial charge in [0.2, 0.25) is 0 Å². The third-order valence-corrected chi connectivity index (χ3v) is 4.39. The maximum Gasteiger partial charge on any atom is 0.197 e. The molecule has 1 aromatic carbocycles. The Hall–Kier alpha value is -2.60. The number of oxazole rings is 1. The molecule has 0 saturated carbocycles. The smallest absolute Gasteiger partial charge is 0.197 e. The molecule has 0 atom stereocenters. The maximum atomic E-state index is 5.56. The minimum absolute atomic E-state index is 0.255. The molecule has 1 aliphatic rings. The molecule has 1 aliphatic heterocycles. The summed E-state index contributed by atoms with van der Waals surface area (Å²) >= 11 is 0. The predicted molar refractivity (Wildman–Crippen MR) is 96.2 cm³/mol. The summed E-state index contributed by atoms with van der Waals surface area (Å²) < 4.78 is 13.0. The quantitative estimate of drug-likeness (QED) is 0.729. The molecule has 0 aliphatic carbocycles. The lowest BCUT2D eigenvalue weighted by Crippen LogP contribution is -2.36. The van der Waals surface area contributed by atoms with E-state index in [1.807, 2.05) is 10.8 Å². The van der Waals surface area contributed by atoms with E-state index in [4.69, 9.17) is 9.15 Å². The van der Waals surface area contributed by atoms with Gasteiger partial charge in [-0.3, -0.25) is 4.57 Å². The summed E-state index contributed by atoms with van der Waals surface area (Å²) in [6, 6.07) is 8.51. The summed E-state index contributed by atoms with van der Waals surface area (Å²) in [6.07, 6.45) is 5.41. The fraction of sp³-hybridized carbons (Fsp3) is 0.368. The first kappa shape index (κ1) is 15.9. The highest BCUT2D eigenvalue weighted by atomic mass is 16.5. The Morgan fingerprint density at radius 3 is 2.44 bits per heavy atom. The van der Waals surface area contributed by atoms with E-state index in [2.05, 4.69) is 53.0 Å². The van der Waals surface area contributed by atoms with Gasteiger partial charge < -0.3 is 14.1 Å². The van der Waals surface area contributed by atoms with Gasteiger partial charge in [0.15, 0.2) is 11.7 Å². The molecular weight excluding hydrogens is 316 g/mol. The predicted octanol–water partition coefficient (Wildman–Crippen LogP) is 3.49. The first-order chi connectivity index (χ1) is 12.2. The molecule has 6 heteroatoms. The second-order valence-electron chi connectivity index (χ2n) is 6.46. The van der Waals surface area contributed by atoms with Crippen molar-refractivity contribution in [2.24, 2.45) is 0 Å². The number of hydrogen-bond acceptors (Lipinski definition) is 5. The van der Waals surface area contributed by atoms with Gasteiger partial charge in [0, 0.05) is 42.8 Å². The summed E-state index contributed by atoms with van der Waals surface area (Å²) in [6.45, 7) is 7.58. The number of benzene rings is 1. The van der Waals surface area contributed by atoms with Crippen LogP contribution in [0.15, 0.2) is 47.3 Å². The van der Waals surface area contributed by atoms with Crippen LogP contribution in [-0.2, 0) is 4.74 Å². The van der Waals surface area contributed by atoms with Crippen LogP contribution in [0.4, 0.5) is 5.69 Å². The molecule has 6 nitrogen and oxygen atoms in total. The summed E-state index contributed by atoms with van der Waals surface area (Å²) in [5, 5.41) is 0. The van der Waals surface area contributed by atoms with Crippen molar-refractivity contribution in [1.82, 2.24) is 14.5 Å². The number of imidazole rings is 1. The topological polar surface area (TPSA) is 56.3 Å².